The van der Waals surface area contributed by atoms with E-state index in [1.165, 1.54) is 35.1 Å². The molecule has 1 aromatic carbocycles. The molecule has 2 aromatic heterocycles. The van der Waals surface area contributed by atoms with E-state index in [-0.39, 0.29) is 16.8 Å². The molecule has 0 amide bonds. The van der Waals surface area contributed by atoms with E-state index in [0.29, 0.717) is 11.8 Å². The second kappa shape index (κ2) is 4.16. The second-order valence-electron chi connectivity index (χ2n) is 3.97. The van der Waals surface area contributed by atoms with Crippen LogP contribution in [0, 0.1) is 5.82 Å². The Bertz CT molecular complexity index is 835. The van der Waals surface area contributed by atoms with E-state index >= 15 is 0 Å². The van der Waals surface area contributed by atoms with Crippen molar-refractivity contribution < 1.29 is 9.18 Å². The number of benzene rings is 1. The number of nitrogens with one attached hydrogen (secondary N) is 1. The quantitative estimate of drug-likeness (QED) is 0.710. The van der Waals surface area contributed by atoms with E-state index in [1.807, 2.05) is 0 Å². The molecular weight excluding hydrogens is 249 g/mol. The van der Waals surface area contributed by atoms with Crippen LogP contribution in [0.25, 0.3) is 16.8 Å². The van der Waals surface area contributed by atoms with E-state index in [1.54, 1.807) is 6.07 Å². The predicted octanol–water partition coefficient (Wildman–Crippen LogP) is 1.64. The Morgan fingerprint density at radius 2 is 2.21 bits per heavy atom. The number of aromatic nitrogens is 3. The molecule has 3 aromatic rings. The molecule has 0 saturated carbocycles. The van der Waals surface area contributed by atoms with Crippen molar-refractivity contribution in [3.05, 3.63) is 58.4 Å². The summed E-state index contributed by atoms with van der Waals surface area (Å²) in [6, 6.07) is 5.72. The lowest BCUT2D eigenvalue weighted by atomic mass is 10.1. The molecular formula is C13H8FN3O2. The molecule has 6 heteroatoms. The van der Waals surface area contributed by atoms with Crippen LogP contribution in [0.2, 0.25) is 0 Å². The average Bonchev–Trinajstić information content (AvgIpc) is 2.78. The molecule has 0 bridgehead atoms. The van der Waals surface area contributed by atoms with E-state index in [4.69, 9.17) is 0 Å². The Hall–Kier alpha value is -2.76. The minimum absolute atomic E-state index is 0.146. The van der Waals surface area contributed by atoms with Crippen LogP contribution < -0.4 is 5.56 Å². The highest BCUT2D eigenvalue weighted by Crippen LogP contribution is 2.23. The van der Waals surface area contributed by atoms with Gasteiger partial charge in [0.2, 0.25) is 0 Å². The molecule has 0 atom stereocenters. The van der Waals surface area contributed by atoms with Crippen molar-refractivity contribution in [2.45, 2.75) is 0 Å². The van der Waals surface area contributed by atoms with Crippen LogP contribution in [0.1, 0.15) is 10.4 Å². The van der Waals surface area contributed by atoms with Crippen LogP contribution in [-0.4, -0.2) is 20.9 Å². The van der Waals surface area contributed by atoms with Crippen molar-refractivity contribution >= 4 is 11.8 Å². The molecule has 19 heavy (non-hydrogen) atoms. The van der Waals surface area contributed by atoms with Crippen molar-refractivity contribution in [1.29, 1.82) is 0 Å². The van der Waals surface area contributed by atoms with Crippen molar-refractivity contribution in [3.8, 4) is 11.3 Å². The molecule has 3 rings (SSSR count). The zero-order valence-corrected chi connectivity index (χ0v) is 9.63. The predicted molar refractivity (Wildman–Crippen MR) is 66.6 cm³/mol. The summed E-state index contributed by atoms with van der Waals surface area (Å²) in [6.45, 7) is 0. The van der Waals surface area contributed by atoms with Gasteiger partial charge < -0.3 is 4.98 Å². The van der Waals surface area contributed by atoms with Gasteiger partial charge in [-0.2, -0.15) is 5.10 Å². The monoisotopic (exact) mass is 257 g/mol. The molecule has 0 saturated heterocycles. The Balaban J connectivity index is 2.39. The molecule has 1 N–H and O–H groups in total. The van der Waals surface area contributed by atoms with E-state index < -0.39 is 11.4 Å². The van der Waals surface area contributed by atoms with Crippen molar-refractivity contribution in [1.82, 2.24) is 14.6 Å². The standard InChI is InChI=1S/C13H8FN3O2/c14-9-3-1-2-8(6-9)11-10(7-18)12-13(19)15-4-5-17(12)16-11/h1-7H,(H,15,19). The third kappa shape index (κ3) is 1.74. The number of aldehydes is 1. The summed E-state index contributed by atoms with van der Waals surface area (Å²) in [7, 11) is 0. The Labute approximate surface area is 106 Å². The van der Waals surface area contributed by atoms with Crippen LogP contribution in [0.4, 0.5) is 4.39 Å². The summed E-state index contributed by atoms with van der Waals surface area (Å²) >= 11 is 0. The molecule has 94 valence electrons. The first-order valence-corrected chi connectivity index (χ1v) is 5.52. The molecule has 0 unspecified atom stereocenters. The fourth-order valence-corrected chi connectivity index (χ4v) is 1.99. The summed E-state index contributed by atoms with van der Waals surface area (Å²) in [6.07, 6.45) is 3.50. The highest BCUT2D eigenvalue weighted by atomic mass is 19.1. The van der Waals surface area contributed by atoms with E-state index in [2.05, 4.69) is 10.1 Å². The van der Waals surface area contributed by atoms with Gasteiger partial charge in [-0.3, -0.25) is 9.59 Å². The maximum Gasteiger partial charge on any atom is 0.274 e. The van der Waals surface area contributed by atoms with Gasteiger partial charge in [0, 0.05) is 18.0 Å². The van der Waals surface area contributed by atoms with Crippen molar-refractivity contribution in [2.24, 2.45) is 0 Å². The normalized spacial score (nSPS) is 10.8. The van der Waals surface area contributed by atoms with Gasteiger partial charge in [-0.25, -0.2) is 8.91 Å². The smallest absolute Gasteiger partial charge is 0.274 e. The van der Waals surface area contributed by atoms with Crippen LogP contribution in [0.3, 0.4) is 0 Å². The third-order valence-corrected chi connectivity index (χ3v) is 2.81. The van der Waals surface area contributed by atoms with Crippen molar-refractivity contribution in [2.75, 3.05) is 0 Å². The largest absolute Gasteiger partial charge is 0.326 e. The van der Waals surface area contributed by atoms with Crippen LogP contribution in [0.15, 0.2) is 41.5 Å². The number of carbonyl (C=O) groups excluding carboxylic acids is 1. The summed E-state index contributed by atoms with van der Waals surface area (Å²) in [5, 5.41) is 4.15. The van der Waals surface area contributed by atoms with Crippen LogP contribution in [0.5, 0.6) is 0 Å². The minimum Gasteiger partial charge on any atom is -0.326 e. The van der Waals surface area contributed by atoms with Gasteiger partial charge in [0.15, 0.2) is 6.29 Å². The zero-order chi connectivity index (χ0) is 13.4. The number of nitrogens with zero attached hydrogens (tertiary/aromatic N) is 2. The van der Waals surface area contributed by atoms with Gasteiger partial charge in [-0.15, -0.1) is 0 Å². The van der Waals surface area contributed by atoms with Gasteiger partial charge in [0.25, 0.3) is 5.56 Å². The lowest BCUT2D eigenvalue weighted by Crippen LogP contribution is -2.09. The van der Waals surface area contributed by atoms with E-state index in [9.17, 15) is 14.0 Å². The molecule has 0 fully saturated rings. The fourth-order valence-electron chi connectivity index (χ4n) is 1.99. The maximum absolute atomic E-state index is 13.2. The average molecular weight is 257 g/mol. The number of fused-ring (bicyclic) bond motifs is 1. The molecule has 0 aliphatic heterocycles. The number of rotatable bonds is 2. The summed E-state index contributed by atoms with van der Waals surface area (Å²) in [5.41, 5.74) is 0.611. The molecule has 0 spiro atoms. The van der Waals surface area contributed by atoms with E-state index in [0.717, 1.165) is 0 Å². The fraction of sp³-hybridized carbons (Fsp3) is 0. The van der Waals surface area contributed by atoms with Gasteiger partial charge in [0.05, 0.1) is 5.56 Å². The first kappa shape index (κ1) is 11.3. The maximum atomic E-state index is 13.2. The van der Waals surface area contributed by atoms with Crippen molar-refractivity contribution in [3.63, 3.8) is 0 Å². The van der Waals surface area contributed by atoms with Gasteiger partial charge in [-0.1, -0.05) is 12.1 Å². The Kier molecular flexibility index (Phi) is 2.49. The molecule has 2 heterocycles. The lowest BCUT2D eigenvalue weighted by Gasteiger charge is -1.97. The lowest BCUT2D eigenvalue weighted by molar-refractivity contribution is 0.112. The topological polar surface area (TPSA) is 67.2 Å². The first-order valence-electron chi connectivity index (χ1n) is 5.52. The summed E-state index contributed by atoms with van der Waals surface area (Å²) in [5.74, 6) is -0.430. The molecule has 0 aliphatic rings. The third-order valence-electron chi connectivity index (χ3n) is 2.81. The first-order chi connectivity index (χ1) is 9.20. The number of hydrogen-bond acceptors (Lipinski definition) is 3. The summed E-state index contributed by atoms with van der Waals surface area (Å²) < 4.78 is 14.5. The molecule has 0 aliphatic carbocycles. The number of aromatic amines is 1. The minimum atomic E-state index is -0.430. The Morgan fingerprint density at radius 1 is 1.37 bits per heavy atom. The zero-order valence-electron chi connectivity index (χ0n) is 9.63. The number of carbonyl (C=O) groups is 1. The summed E-state index contributed by atoms with van der Waals surface area (Å²) in [4.78, 5) is 25.4. The van der Waals surface area contributed by atoms with Gasteiger partial charge in [0.1, 0.15) is 17.0 Å². The number of hydrogen-bond donors (Lipinski definition) is 1. The highest BCUT2D eigenvalue weighted by molar-refractivity contribution is 5.94. The highest BCUT2D eigenvalue weighted by Gasteiger charge is 2.16. The SMILES string of the molecule is O=Cc1c(-c2cccc(F)c2)nn2cc[nH]c(=O)c12. The second-order valence-corrected chi connectivity index (χ2v) is 3.97. The Morgan fingerprint density at radius 3 is 2.95 bits per heavy atom. The number of H-pyrrole nitrogens is 1. The van der Waals surface area contributed by atoms with Crippen LogP contribution >= 0.6 is 0 Å². The molecule has 0 radical (unpaired) electrons. The van der Waals surface area contributed by atoms with Gasteiger partial charge >= 0.3 is 0 Å². The number of halogens is 1. The molecule has 5 nitrogen and oxygen atoms in total. The van der Waals surface area contributed by atoms with Gasteiger partial charge in [-0.05, 0) is 12.1 Å². The van der Waals surface area contributed by atoms with Crippen LogP contribution in [-0.2, 0) is 0 Å².